The molecule has 1 atom stereocenters. The molecule has 0 amide bonds. The van der Waals surface area contributed by atoms with Crippen LogP contribution in [0.2, 0.25) is 0 Å². The first-order valence-corrected chi connectivity index (χ1v) is 6.77. The smallest absolute Gasteiger partial charge is 0.164 e. The molecule has 1 saturated heterocycles. The number of nitrogens with two attached hydrogens (primary N) is 1. The summed E-state index contributed by atoms with van der Waals surface area (Å²) in [5, 5.41) is 9.80. The Balaban J connectivity index is 0.00000200. The number of aromatic hydroxyl groups is 1. The van der Waals surface area contributed by atoms with Gasteiger partial charge in [-0.1, -0.05) is 26.0 Å². The zero-order valence-electron chi connectivity index (χ0n) is 12.4. The summed E-state index contributed by atoms with van der Waals surface area (Å²) in [4.78, 5) is 2.38. The van der Waals surface area contributed by atoms with Gasteiger partial charge in [0.05, 0.1) is 7.11 Å². The number of piperidine rings is 1. The first-order valence-electron chi connectivity index (χ1n) is 6.77. The fourth-order valence-electron chi connectivity index (χ4n) is 2.79. The number of nitrogens with zero attached hydrogens (tertiary/aromatic N) is 1. The van der Waals surface area contributed by atoms with Gasteiger partial charge in [-0.05, 0) is 17.9 Å². The largest absolute Gasteiger partial charge is 0.504 e. The van der Waals surface area contributed by atoms with Gasteiger partial charge in [-0.3, -0.25) is 4.90 Å². The normalized spacial score (nSPS) is 22.1. The van der Waals surface area contributed by atoms with Crippen LogP contribution in [0.25, 0.3) is 0 Å². The maximum Gasteiger partial charge on any atom is 0.164 e. The molecule has 114 valence electrons. The van der Waals surface area contributed by atoms with E-state index in [1.54, 1.807) is 13.2 Å². The molecule has 0 aliphatic carbocycles. The number of likely N-dealkylation sites (tertiary alicyclic amines) is 1. The second-order valence-corrected chi connectivity index (χ2v) is 6.06. The van der Waals surface area contributed by atoms with Crippen LogP contribution in [0.4, 0.5) is 0 Å². The molecule has 0 bridgehead atoms. The Morgan fingerprint density at radius 3 is 2.75 bits per heavy atom. The number of para-hydroxylation sites is 1. The number of rotatable bonds is 3. The summed E-state index contributed by atoms with van der Waals surface area (Å²) in [5.41, 5.74) is 7.31. The van der Waals surface area contributed by atoms with Crippen molar-refractivity contribution in [3.05, 3.63) is 23.8 Å². The van der Waals surface area contributed by atoms with Crippen molar-refractivity contribution in [2.24, 2.45) is 11.1 Å². The molecular formula is C15H25ClN2O2. The maximum atomic E-state index is 9.80. The minimum atomic E-state index is 0. The van der Waals surface area contributed by atoms with E-state index in [1.807, 2.05) is 12.1 Å². The molecule has 3 N–H and O–H groups in total. The average Bonchev–Trinajstić information content (AvgIpc) is 2.34. The van der Waals surface area contributed by atoms with Gasteiger partial charge in [0.1, 0.15) is 0 Å². The quantitative estimate of drug-likeness (QED) is 0.900. The van der Waals surface area contributed by atoms with Crippen LogP contribution in [0.5, 0.6) is 11.5 Å². The van der Waals surface area contributed by atoms with Crippen molar-refractivity contribution in [3.8, 4) is 11.5 Å². The fourth-order valence-corrected chi connectivity index (χ4v) is 2.79. The summed E-state index contributed by atoms with van der Waals surface area (Å²) < 4.78 is 5.29. The van der Waals surface area contributed by atoms with Gasteiger partial charge in [-0.2, -0.15) is 0 Å². The second kappa shape index (κ2) is 6.66. The Kier molecular flexibility index (Phi) is 5.68. The molecule has 1 aromatic carbocycles. The van der Waals surface area contributed by atoms with E-state index in [0.717, 1.165) is 31.6 Å². The van der Waals surface area contributed by atoms with Crippen molar-refractivity contribution in [2.75, 3.05) is 20.2 Å². The van der Waals surface area contributed by atoms with Crippen molar-refractivity contribution >= 4 is 12.4 Å². The molecule has 20 heavy (non-hydrogen) atoms. The molecule has 1 heterocycles. The highest BCUT2D eigenvalue weighted by Gasteiger charge is 2.33. The molecule has 0 saturated carbocycles. The molecular weight excluding hydrogens is 276 g/mol. The van der Waals surface area contributed by atoms with Crippen molar-refractivity contribution in [1.29, 1.82) is 0 Å². The van der Waals surface area contributed by atoms with Crippen LogP contribution < -0.4 is 10.5 Å². The van der Waals surface area contributed by atoms with E-state index < -0.39 is 0 Å². The lowest BCUT2D eigenvalue weighted by molar-refractivity contribution is 0.0891. The van der Waals surface area contributed by atoms with E-state index in [2.05, 4.69) is 18.7 Å². The van der Waals surface area contributed by atoms with Gasteiger partial charge in [0, 0.05) is 31.2 Å². The summed E-state index contributed by atoms with van der Waals surface area (Å²) in [6.45, 7) is 7.16. The number of benzene rings is 1. The van der Waals surface area contributed by atoms with Crippen LogP contribution in [0.15, 0.2) is 18.2 Å². The number of phenols is 1. The third-order valence-corrected chi connectivity index (χ3v) is 4.07. The molecule has 0 spiro atoms. The van der Waals surface area contributed by atoms with Crippen molar-refractivity contribution in [2.45, 2.75) is 32.9 Å². The summed E-state index contributed by atoms with van der Waals surface area (Å²) in [5.74, 6) is 0.781. The van der Waals surface area contributed by atoms with Crippen LogP contribution >= 0.6 is 12.4 Å². The predicted molar refractivity (Wildman–Crippen MR) is 83.6 cm³/mol. The maximum absolute atomic E-state index is 9.80. The molecule has 1 aliphatic rings. The van der Waals surface area contributed by atoms with Gasteiger partial charge in [0.25, 0.3) is 0 Å². The van der Waals surface area contributed by atoms with E-state index in [0.29, 0.717) is 5.75 Å². The van der Waals surface area contributed by atoms with Crippen LogP contribution in [0.1, 0.15) is 25.8 Å². The molecule has 1 unspecified atom stereocenters. The zero-order valence-corrected chi connectivity index (χ0v) is 13.2. The van der Waals surface area contributed by atoms with Crippen LogP contribution in [0, 0.1) is 5.41 Å². The highest BCUT2D eigenvalue weighted by molar-refractivity contribution is 5.85. The molecule has 2 rings (SSSR count). The highest BCUT2D eigenvalue weighted by Crippen LogP contribution is 2.33. The molecule has 0 aromatic heterocycles. The molecule has 0 radical (unpaired) electrons. The van der Waals surface area contributed by atoms with E-state index in [1.165, 1.54) is 0 Å². The Morgan fingerprint density at radius 2 is 2.15 bits per heavy atom. The third kappa shape index (κ3) is 3.57. The third-order valence-electron chi connectivity index (χ3n) is 4.07. The summed E-state index contributed by atoms with van der Waals surface area (Å²) in [6, 6.07) is 5.77. The molecule has 5 heteroatoms. The summed E-state index contributed by atoms with van der Waals surface area (Å²) in [6.07, 6.45) is 1.01. The van der Waals surface area contributed by atoms with Crippen molar-refractivity contribution in [3.63, 3.8) is 0 Å². The number of hydrogen-bond donors (Lipinski definition) is 2. The lowest BCUT2D eigenvalue weighted by Gasteiger charge is -2.42. The van der Waals surface area contributed by atoms with Crippen LogP contribution in [-0.4, -0.2) is 36.2 Å². The SMILES string of the molecule is COc1c(O)cccc1CN1CCC(N)C(C)(C)C1.Cl. The number of hydrogen-bond acceptors (Lipinski definition) is 4. The topological polar surface area (TPSA) is 58.7 Å². The summed E-state index contributed by atoms with van der Waals surface area (Å²) in [7, 11) is 1.59. The highest BCUT2D eigenvalue weighted by atomic mass is 35.5. The van der Waals surface area contributed by atoms with Gasteiger partial charge in [0.15, 0.2) is 11.5 Å². The Labute approximate surface area is 127 Å². The van der Waals surface area contributed by atoms with E-state index >= 15 is 0 Å². The minimum Gasteiger partial charge on any atom is -0.504 e. The lowest BCUT2D eigenvalue weighted by Crippen LogP contribution is -2.52. The Hall–Kier alpha value is -0.970. The Bertz CT molecular complexity index is 451. The van der Waals surface area contributed by atoms with Gasteiger partial charge < -0.3 is 15.6 Å². The minimum absolute atomic E-state index is 0. The average molecular weight is 301 g/mol. The van der Waals surface area contributed by atoms with E-state index in [4.69, 9.17) is 10.5 Å². The fraction of sp³-hybridized carbons (Fsp3) is 0.600. The van der Waals surface area contributed by atoms with Gasteiger partial charge in [-0.25, -0.2) is 0 Å². The van der Waals surface area contributed by atoms with Crippen LogP contribution in [0.3, 0.4) is 0 Å². The number of methoxy groups -OCH3 is 1. The first kappa shape index (κ1) is 17.1. The summed E-state index contributed by atoms with van der Waals surface area (Å²) >= 11 is 0. The van der Waals surface area contributed by atoms with Crippen LogP contribution in [-0.2, 0) is 6.54 Å². The lowest BCUT2D eigenvalue weighted by atomic mass is 9.79. The van der Waals surface area contributed by atoms with Gasteiger partial charge >= 0.3 is 0 Å². The van der Waals surface area contributed by atoms with Gasteiger partial charge in [0.2, 0.25) is 0 Å². The Morgan fingerprint density at radius 1 is 1.45 bits per heavy atom. The molecule has 1 aromatic rings. The zero-order chi connectivity index (χ0) is 14.0. The van der Waals surface area contributed by atoms with E-state index in [-0.39, 0.29) is 29.6 Å². The monoisotopic (exact) mass is 300 g/mol. The second-order valence-electron chi connectivity index (χ2n) is 6.06. The molecule has 1 aliphatic heterocycles. The van der Waals surface area contributed by atoms with E-state index in [9.17, 15) is 5.11 Å². The van der Waals surface area contributed by atoms with Crippen molar-refractivity contribution in [1.82, 2.24) is 4.90 Å². The molecule has 1 fully saturated rings. The number of halogens is 1. The molecule has 4 nitrogen and oxygen atoms in total. The predicted octanol–water partition coefficient (Wildman–Crippen LogP) is 2.38. The first-order chi connectivity index (χ1) is 8.94. The number of phenolic OH excluding ortho intramolecular Hbond substituents is 1. The standard InChI is InChI=1S/C15H24N2O2.ClH/c1-15(2)10-17(8-7-13(15)16)9-11-5-4-6-12(18)14(11)19-3;/h4-6,13,18H,7-10,16H2,1-3H3;1H. The number of ether oxygens (including phenoxy) is 1. The van der Waals surface area contributed by atoms with Gasteiger partial charge in [-0.15, -0.1) is 12.4 Å². The van der Waals surface area contributed by atoms with Crippen molar-refractivity contribution < 1.29 is 9.84 Å².